The van der Waals surface area contributed by atoms with Crippen LogP contribution in [0, 0.1) is 0 Å². The van der Waals surface area contributed by atoms with Gasteiger partial charge in [-0.2, -0.15) is 0 Å². The highest BCUT2D eigenvalue weighted by atomic mass is 15.0. The third-order valence-electron chi connectivity index (χ3n) is 4.14. The van der Waals surface area contributed by atoms with Crippen LogP contribution >= 0.6 is 0 Å². The molecular formula is C18H22N2. The maximum Gasteiger partial charge on any atom is 0.0605 e. The van der Waals surface area contributed by atoms with Gasteiger partial charge in [0.25, 0.3) is 0 Å². The average Bonchev–Trinajstić information content (AvgIpc) is 2.91. The highest BCUT2D eigenvalue weighted by Crippen LogP contribution is 2.32. The van der Waals surface area contributed by atoms with E-state index in [1.807, 2.05) is 12.3 Å². The normalized spacial score (nSPS) is 18.8. The van der Waals surface area contributed by atoms with E-state index in [1.165, 1.54) is 36.1 Å². The zero-order valence-electron chi connectivity index (χ0n) is 12.0. The van der Waals surface area contributed by atoms with E-state index in [0.29, 0.717) is 12.1 Å². The number of benzene rings is 1. The van der Waals surface area contributed by atoms with Crippen LogP contribution in [0.4, 0.5) is 0 Å². The summed E-state index contributed by atoms with van der Waals surface area (Å²) in [6.07, 6.45) is 6.58. The van der Waals surface area contributed by atoms with Gasteiger partial charge in [-0.25, -0.2) is 0 Å². The van der Waals surface area contributed by atoms with Gasteiger partial charge in [-0.15, -0.1) is 0 Å². The number of aryl methyl sites for hydroxylation is 1. The fraction of sp³-hybridized carbons (Fsp3) is 0.389. The Labute approximate surface area is 121 Å². The molecule has 0 bridgehead atoms. The summed E-state index contributed by atoms with van der Waals surface area (Å²) in [4.78, 5) is 4.59. The van der Waals surface area contributed by atoms with Gasteiger partial charge >= 0.3 is 0 Å². The third-order valence-corrected chi connectivity index (χ3v) is 4.14. The summed E-state index contributed by atoms with van der Waals surface area (Å²) in [6, 6.07) is 15.9. The number of rotatable bonds is 5. The van der Waals surface area contributed by atoms with Crippen LogP contribution in [0.25, 0.3) is 0 Å². The van der Waals surface area contributed by atoms with E-state index in [2.05, 4.69) is 53.6 Å². The molecular weight excluding hydrogens is 244 g/mol. The molecule has 0 spiro atoms. The lowest BCUT2D eigenvalue weighted by atomic mass is 10.0. The molecule has 1 N–H and O–H groups in total. The Morgan fingerprint density at radius 3 is 2.85 bits per heavy atom. The van der Waals surface area contributed by atoms with Crippen molar-refractivity contribution in [3.8, 4) is 0 Å². The molecule has 0 radical (unpaired) electrons. The van der Waals surface area contributed by atoms with Crippen molar-refractivity contribution in [1.82, 2.24) is 10.3 Å². The minimum absolute atomic E-state index is 0.406. The van der Waals surface area contributed by atoms with Crippen LogP contribution in [0.1, 0.15) is 55.1 Å². The van der Waals surface area contributed by atoms with Gasteiger partial charge in [0.15, 0.2) is 0 Å². The molecule has 0 fully saturated rings. The Bertz CT molecular complexity index is 550. The van der Waals surface area contributed by atoms with Gasteiger partial charge in [0, 0.05) is 12.2 Å². The number of nitrogens with one attached hydrogen (secondary N) is 1. The monoisotopic (exact) mass is 266 g/mol. The second-order valence-corrected chi connectivity index (χ2v) is 5.56. The molecule has 1 aliphatic rings. The van der Waals surface area contributed by atoms with Crippen LogP contribution in [-0.2, 0) is 6.42 Å². The zero-order valence-corrected chi connectivity index (χ0v) is 12.0. The third kappa shape index (κ3) is 2.75. The summed E-state index contributed by atoms with van der Waals surface area (Å²) in [5.41, 5.74) is 4.05. The Morgan fingerprint density at radius 1 is 1.20 bits per heavy atom. The SMILES string of the molecule is CCCC(NC1CCc2cccnc21)c1ccccc1. The molecule has 2 aromatic rings. The smallest absolute Gasteiger partial charge is 0.0605 e. The van der Waals surface area contributed by atoms with Crippen LogP contribution in [0.2, 0.25) is 0 Å². The van der Waals surface area contributed by atoms with Crippen molar-refractivity contribution < 1.29 is 0 Å². The van der Waals surface area contributed by atoms with Crippen molar-refractivity contribution >= 4 is 0 Å². The van der Waals surface area contributed by atoms with Gasteiger partial charge in [0.1, 0.15) is 0 Å². The van der Waals surface area contributed by atoms with Crippen LogP contribution in [0.5, 0.6) is 0 Å². The molecule has 1 heterocycles. The molecule has 0 saturated heterocycles. The highest BCUT2D eigenvalue weighted by molar-refractivity contribution is 5.29. The molecule has 3 rings (SSSR count). The Hall–Kier alpha value is -1.67. The summed E-state index contributed by atoms with van der Waals surface area (Å²) < 4.78 is 0. The predicted octanol–water partition coefficient (Wildman–Crippen LogP) is 4.20. The number of hydrogen-bond donors (Lipinski definition) is 1. The maximum atomic E-state index is 4.59. The van der Waals surface area contributed by atoms with Crippen LogP contribution < -0.4 is 5.32 Å². The van der Waals surface area contributed by atoms with E-state index in [-0.39, 0.29) is 0 Å². The van der Waals surface area contributed by atoms with Crippen molar-refractivity contribution in [3.63, 3.8) is 0 Å². The molecule has 2 atom stereocenters. The number of nitrogens with zero attached hydrogens (tertiary/aromatic N) is 1. The first kappa shape index (κ1) is 13.3. The number of pyridine rings is 1. The molecule has 0 aliphatic heterocycles. The van der Waals surface area contributed by atoms with Gasteiger partial charge in [0.05, 0.1) is 11.7 Å². The molecule has 1 aromatic carbocycles. The average molecular weight is 266 g/mol. The van der Waals surface area contributed by atoms with E-state index in [4.69, 9.17) is 0 Å². The van der Waals surface area contributed by atoms with Gasteiger partial charge in [-0.1, -0.05) is 49.7 Å². The number of fused-ring (bicyclic) bond motifs is 1. The molecule has 2 unspecified atom stereocenters. The molecule has 104 valence electrons. The number of hydrogen-bond acceptors (Lipinski definition) is 2. The lowest BCUT2D eigenvalue weighted by Gasteiger charge is -2.23. The van der Waals surface area contributed by atoms with E-state index in [9.17, 15) is 0 Å². The van der Waals surface area contributed by atoms with Gasteiger partial charge < -0.3 is 5.32 Å². The van der Waals surface area contributed by atoms with Crippen molar-refractivity contribution in [2.75, 3.05) is 0 Å². The minimum Gasteiger partial charge on any atom is -0.302 e. The first-order valence-corrected chi connectivity index (χ1v) is 7.63. The van der Waals surface area contributed by atoms with Crippen LogP contribution in [-0.4, -0.2) is 4.98 Å². The quantitative estimate of drug-likeness (QED) is 0.877. The second kappa shape index (κ2) is 6.19. The van der Waals surface area contributed by atoms with Gasteiger partial charge in [-0.3, -0.25) is 4.98 Å². The molecule has 1 aromatic heterocycles. The fourth-order valence-electron chi connectivity index (χ4n) is 3.14. The van der Waals surface area contributed by atoms with Crippen molar-refractivity contribution in [2.45, 2.75) is 44.7 Å². The fourth-order valence-corrected chi connectivity index (χ4v) is 3.14. The molecule has 20 heavy (non-hydrogen) atoms. The predicted molar refractivity (Wildman–Crippen MR) is 82.5 cm³/mol. The summed E-state index contributed by atoms with van der Waals surface area (Å²) in [6.45, 7) is 2.25. The Balaban J connectivity index is 1.78. The standard InChI is InChI=1S/C18H22N2/c1-2-7-16(14-8-4-3-5-9-14)20-17-12-11-15-10-6-13-19-18(15)17/h3-6,8-10,13,16-17,20H,2,7,11-12H2,1H3. The summed E-state index contributed by atoms with van der Waals surface area (Å²) in [7, 11) is 0. The number of aromatic nitrogens is 1. The van der Waals surface area contributed by atoms with E-state index < -0.39 is 0 Å². The lowest BCUT2D eigenvalue weighted by Crippen LogP contribution is -2.25. The molecule has 2 heteroatoms. The Kier molecular flexibility index (Phi) is 4.12. The molecule has 2 nitrogen and oxygen atoms in total. The van der Waals surface area contributed by atoms with Gasteiger partial charge in [0.2, 0.25) is 0 Å². The zero-order chi connectivity index (χ0) is 13.8. The van der Waals surface area contributed by atoms with Crippen LogP contribution in [0.15, 0.2) is 48.7 Å². The molecule has 1 aliphatic carbocycles. The topological polar surface area (TPSA) is 24.9 Å². The molecule has 0 saturated carbocycles. The first-order chi connectivity index (χ1) is 9.88. The highest BCUT2D eigenvalue weighted by Gasteiger charge is 2.25. The largest absolute Gasteiger partial charge is 0.302 e. The van der Waals surface area contributed by atoms with Crippen molar-refractivity contribution in [2.24, 2.45) is 0 Å². The lowest BCUT2D eigenvalue weighted by molar-refractivity contribution is 0.414. The van der Waals surface area contributed by atoms with E-state index in [1.54, 1.807) is 0 Å². The van der Waals surface area contributed by atoms with Crippen LogP contribution in [0.3, 0.4) is 0 Å². The van der Waals surface area contributed by atoms with Crippen molar-refractivity contribution in [1.29, 1.82) is 0 Å². The minimum atomic E-state index is 0.406. The second-order valence-electron chi connectivity index (χ2n) is 5.56. The van der Waals surface area contributed by atoms with Gasteiger partial charge in [-0.05, 0) is 36.5 Å². The summed E-state index contributed by atoms with van der Waals surface area (Å²) >= 11 is 0. The van der Waals surface area contributed by atoms with E-state index >= 15 is 0 Å². The Morgan fingerprint density at radius 2 is 2.05 bits per heavy atom. The van der Waals surface area contributed by atoms with Crippen molar-refractivity contribution in [3.05, 3.63) is 65.5 Å². The van der Waals surface area contributed by atoms with E-state index in [0.717, 1.165) is 6.42 Å². The molecule has 0 amide bonds. The summed E-state index contributed by atoms with van der Waals surface area (Å²) in [5.74, 6) is 0. The summed E-state index contributed by atoms with van der Waals surface area (Å²) in [5, 5.41) is 3.83. The first-order valence-electron chi connectivity index (χ1n) is 7.63. The maximum absolute atomic E-state index is 4.59.